The molecule has 0 aliphatic heterocycles. The number of carbonyl (C=O) groups excluding carboxylic acids is 1. The molecule has 1 aromatic carbocycles. The van der Waals surface area contributed by atoms with Gasteiger partial charge in [0.2, 0.25) is 5.88 Å². The van der Waals surface area contributed by atoms with Crippen LogP contribution in [0, 0.1) is 0 Å². The number of thiocarbonyl (C=S) groups is 1. The van der Waals surface area contributed by atoms with Crippen molar-refractivity contribution in [3.8, 4) is 5.88 Å². The van der Waals surface area contributed by atoms with Gasteiger partial charge in [0.05, 0.1) is 17.7 Å². The van der Waals surface area contributed by atoms with Crippen molar-refractivity contribution >= 4 is 35.7 Å². The molecule has 0 aliphatic rings. The number of aromatic hydroxyl groups is 1. The minimum Gasteiger partial charge on any atom is -0.494 e. The standard InChI is InChI=1S/C13H11NO3S2/c1-17-13(16)8-11(19)9(14-12(8)15)10(18)7-5-3-2-4-6-7/h2-6,14-15,19H,1H3. The molecule has 0 amide bonds. The zero-order chi connectivity index (χ0) is 14.0. The molecule has 2 aromatic rings. The largest absolute Gasteiger partial charge is 0.494 e. The van der Waals surface area contributed by atoms with Crippen LogP contribution >= 0.6 is 24.8 Å². The van der Waals surface area contributed by atoms with E-state index in [1.54, 1.807) is 0 Å². The van der Waals surface area contributed by atoms with Crippen LogP contribution in [0.3, 0.4) is 0 Å². The van der Waals surface area contributed by atoms with E-state index in [-0.39, 0.29) is 16.3 Å². The number of hydrogen-bond donors (Lipinski definition) is 3. The Morgan fingerprint density at radius 3 is 2.58 bits per heavy atom. The van der Waals surface area contributed by atoms with Gasteiger partial charge in [-0.25, -0.2) is 4.79 Å². The third kappa shape index (κ3) is 2.50. The molecule has 0 saturated carbocycles. The lowest BCUT2D eigenvalue weighted by molar-refractivity contribution is 0.0594. The summed E-state index contributed by atoms with van der Waals surface area (Å²) in [5.74, 6) is -0.967. The van der Waals surface area contributed by atoms with E-state index in [1.807, 2.05) is 30.3 Å². The van der Waals surface area contributed by atoms with Gasteiger partial charge in [0.15, 0.2) is 0 Å². The Hall–Kier alpha value is -1.79. The lowest BCUT2D eigenvalue weighted by Crippen LogP contribution is -2.03. The molecular formula is C13H11NO3S2. The van der Waals surface area contributed by atoms with Gasteiger partial charge < -0.3 is 14.8 Å². The van der Waals surface area contributed by atoms with Crippen LogP contribution in [0.2, 0.25) is 0 Å². The fourth-order valence-corrected chi connectivity index (χ4v) is 2.40. The molecule has 1 heterocycles. The third-order valence-electron chi connectivity index (χ3n) is 2.61. The molecule has 2 rings (SSSR count). The maximum absolute atomic E-state index is 11.5. The van der Waals surface area contributed by atoms with Gasteiger partial charge in [0.1, 0.15) is 5.56 Å². The highest BCUT2D eigenvalue weighted by Gasteiger charge is 2.23. The van der Waals surface area contributed by atoms with Crippen LogP contribution in [0.5, 0.6) is 5.88 Å². The molecule has 0 aliphatic carbocycles. The number of carbonyl (C=O) groups is 1. The van der Waals surface area contributed by atoms with Crippen molar-refractivity contribution in [3.05, 3.63) is 47.2 Å². The minimum atomic E-state index is -0.666. The van der Waals surface area contributed by atoms with Crippen molar-refractivity contribution in [2.45, 2.75) is 4.90 Å². The molecule has 4 nitrogen and oxygen atoms in total. The quantitative estimate of drug-likeness (QED) is 0.352. The molecule has 0 bridgehead atoms. The smallest absolute Gasteiger partial charge is 0.344 e. The van der Waals surface area contributed by atoms with E-state index in [0.717, 1.165) is 5.56 Å². The third-order valence-corrected chi connectivity index (χ3v) is 3.49. The van der Waals surface area contributed by atoms with E-state index in [9.17, 15) is 9.90 Å². The fourth-order valence-electron chi connectivity index (χ4n) is 1.67. The first-order chi connectivity index (χ1) is 9.06. The van der Waals surface area contributed by atoms with Crippen LogP contribution in [0.15, 0.2) is 35.2 Å². The molecule has 0 fully saturated rings. The number of ether oxygens (including phenoxy) is 1. The number of benzene rings is 1. The number of aromatic amines is 1. The molecule has 2 N–H and O–H groups in total. The predicted octanol–water partition coefficient (Wildman–Crippen LogP) is 2.56. The summed E-state index contributed by atoms with van der Waals surface area (Å²) in [6.07, 6.45) is 0. The van der Waals surface area contributed by atoms with Gasteiger partial charge in [0, 0.05) is 4.90 Å². The highest BCUT2D eigenvalue weighted by molar-refractivity contribution is 7.82. The van der Waals surface area contributed by atoms with Gasteiger partial charge >= 0.3 is 5.97 Å². The van der Waals surface area contributed by atoms with Crippen molar-refractivity contribution in [3.63, 3.8) is 0 Å². The number of hydrogen-bond acceptors (Lipinski definition) is 5. The molecule has 1 aromatic heterocycles. The van der Waals surface area contributed by atoms with Crippen LogP contribution in [-0.2, 0) is 4.74 Å². The SMILES string of the molecule is COC(=O)c1c(O)[nH]c(C(=S)c2ccccc2)c1S. The van der Waals surface area contributed by atoms with E-state index in [4.69, 9.17) is 12.2 Å². The number of esters is 1. The zero-order valence-electron chi connectivity index (χ0n) is 10.0. The highest BCUT2D eigenvalue weighted by Crippen LogP contribution is 2.30. The summed E-state index contributed by atoms with van der Waals surface area (Å²) in [5, 5.41) is 9.74. The maximum atomic E-state index is 11.5. The number of rotatable bonds is 3. The Kier molecular flexibility index (Phi) is 3.92. The van der Waals surface area contributed by atoms with Crippen molar-refractivity contribution in [1.29, 1.82) is 0 Å². The highest BCUT2D eigenvalue weighted by atomic mass is 32.1. The summed E-state index contributed by atoms with van der Waals surface area (Å²) >= 11 is 9.56. The second-order valence-corrected chi connectivity index (χ2v) is 4.61. The maximum Gasteiger partial charge on any atom is 0.344 e. The molecule has 0 radical (unpaired) electrons. The number of methoxy groups -OCH3 is 1. The molecule has 0 atom stereocenters. The van der Waals surface area contributed by atoms with Gasteiger partial charge in [-0.1, -0.05) is 42.5 Å². The first kappa shape index (κ1) is 13.6. The molecule has 0 unspecified atom stereocenters. The van der Waals surface area contributed by atoms with E-state index in [2.05, 4.69) is 22.3 Å². The monoisotopic (exact) mass is 293 g/mol. The minimum absolute atomic E-state index is 0.0147. The summed E-state index contributed by atoms with van der Waals surface area (Å²) in [6.45, 7) is 0. The van der Waals surface area contributed by atoms with E-state index >= 15 is 0 Å². The van der Waals surface area contributed by atoms with Gasteiger partial charge in [-0.3, -0.25) is 0 Å². The second kappa shape index (κ2) is 5.46. The van der Waals surface area contributed by atoms with Crippen LogP contribution in [-0.4, -0.2) is 28.0 Å². The van der Waals surface area contributed by atoms with E-state index in [0.29, 0.717) is 10.6 Å². The number of aromatic nitrogens is 1. The number of nitrogens with one attached hydrogen (secondary N) is 1. The second-order valence-electron chi connectivity index (χ2n) is 3.76. The Morgan fingerprint density at radius 1 is 1.37 bits per heavy atom. The first-order valence-corrected chi connectivity index (χ1v) is 6.23. The molecule has 19 heavy (non-hydrogen) atoms. The van der Waals surface area contributed by atoms with Gasteiger partial charge in [-0.15, -0.1) is 12.6 Å². The molecule has 6 heteroatoms. The summed E-state index contributed by atoms with van der Waals surface area (Å²) in [7, 11) is 1.23. The van der Waals surface area contributed by atoms with Gasteiger partial charge in [0.25, 0.3) is 0 Å². The fraction of sp³-hybridized carbons (Fsp3) is 0.0769. The number of thiol groups is 1. The van der Waals surface area contributed by atoms with E-state index < -0.39 is 5.97 Å². The topological polar surface area (TPSA) is 62.3 Å². The van der Waals surface area contributed by atoms with Crippen LogP contribution in [0.4, 0.5) is 0 Å². The van der Waals surface area contributed by atoms with Crippen LogP contribution in [0.1, 0.15) is 21.6 Å². The average molecular weight is 293 g/mol. The van der Waals surface area contributed by atoms with Crippen molar-refractivity contribution in [2.24, 2.45) is 0 Å². The first-order valence-electron chi connectivity index (χ1n) is 5.38. The molecular weight excluding hydrogens is 282 g/mol. The lowest BCUT2D eigenvalue weighted by Gasteiger charge is -2.03. The molecule has 0 spiro atoms. The Balaban J connectivity index is 2.48. The van der Waals surface area contributed by atoms with Crippen molar-refractivity contribution < 1.29 is 14.6 Å². The van der Waals surface area contributed by atoms with Gasteiger partial charge in [-0.05, 0) is 5.56 Å². The number of H-pyrrole nitrogens is 1. The van der Waals surface area contributed by atoms with Crippen molar-refractivity contribution in [1.82, 2.24) is 4.98 Å². The van der Waals surface area contributed by atoms with Gasteiger partial charge in [-0.2, -0.15) is 0 Å². The Morgan fingerprint density at radius 2 is 2.00 bits per heavy atom. The van der Waals surface area contributed by atoms with Crippen molar-refractivity contribution in [2.75, 3.05) is 7.11 Å². The molecule has 98 valence electrons. The Bertz CT molecular complexity index is 635. The summed E-state index contributed by atoms with van der Waals surface area (Å²) in [6, 6.07) is 9.25. The summed E-state index contributed by atoms with van der Waals surface area (Å²) in [5.41, 5.74) is 1.20. The van der Waals surface area contributed by atoms with E-state index in [1.165, 1.54) is 7.11 Å². The predicted molar refractivity (Wildman–Crippen MR) is 78.3 cm³/mol. The Labute approximate surface area is 120 Å². The summed E-state index contributed by atoms with van der Waals surface area (Å²) < 4.78 is 4.59. The lowest BCUT2D eigenvalue weighted by atomic mass is 10.1. The van der Waals surface area contributed by atoms with Crippen LogP contribution < -0.4 is 0 Å². The zero-order valence-corrected chi connectivity index (χ0v) is 11.7. The summed E-state index contributed by atoms with van der Waals surface area (Å²) in [4.78, 5) is 14.9. The molecule has 0 saturated heterocycles. The van der Waals surface area contributed by atoms with Crippen LogP contribution in [0.25, 0.3) is 0 Å². The average Bonchev–Trinajstić information content (AvgIpc) is 2.73. The normalized spacial score (nSPS) is 10.2.